The molecular formula is C26H32N4O4S. The second-order valence-electron chi connectivity index (χ2n) is 8.93. The van der Waals surface area contributed by atoms with Crippen molar-refractivity contribution in [1.29, 1.82) is 0 Å². The smallest absolute Gasteiger partial charge is 0.243 e. The molecule has 1 aromatic heterocycles. The van der Waals surface area contributed by atoms with Crippen molar-refractivity contribution in [2.45, 2.75) is 49.5 Å². The molecule has 9 heteroatoms. The fraction of sp³-hybridized carbons (Fsp3) is 0.385. The second-order valence-corrected chi connectivity index (χ2v) is 10.9. The SMILES string of the molecule is Cn1ccnc1[C@@H](O)c1ccc(NC(=O)CCc2ccc(S(=O)(=O)N3CCCCCC3)cc2)cc1. The Morgan fingerprint density at radius 2 is 1.69 bits per heavy atom. The van der Waals surface area contributed by atoms with E-state index in [1.165, 1.54) is 0 Å². The van der Waals surface area contributed by atoms with Crippen LogP contribution in [0.5, 0.6) is 0 Å². The Labute approximate surface area is 206 Å². The van der Waals surface area contributed by atoms with E-state index < -0.39 is 16.1 Å². The van der Waals surface area contributed by atoms with Gasteiger partial charge in [-0.25, -0.2) is 13.4 Å². The number of aromatic nitrogens is 2. The molecule has 2 heterocycles. The van der Waals surface area contributed by atoms with Gasteiger partial charge in [0, 0.05) is 44.6 Å². The third-order valence-corrected chi connectivity index (χ3v) is 8.29. The van der Waals surface area contributed by atoms with Crippen molar-refractivity contribution in [3.8, 4) is 0 Å². The van der Waals surface area contributed by atoms with E-state index in [9.17, 15) is 18.3 Å². The van der Waals surface area contributed by atoms with Crippen LogP contribution in [-0.2, 0) is 28.3 Å². The first-order chi connectivity index (χ1) is 16.8. The summed E-state index contributed by atoms with van der Waals surface area (Å²) < 4.78 is 29.2. The molecule has 0 saturated carbocycles. The number of aryl methyl sites for hydroxylation is 2. The molecule has 1 amide bonds. The number of nitrogens with one attached hydrogen (secondary N) is 1. The number of carbonyl (C=O) groups excluding carboxylic acids is 1. The van der Waals surface area contributed by atoms with Gasteiger partial charge in [0.05, 0.1) is 4.90 Å². The lowest BCUT2D eigenvalue weighted by Gasteiger charge is -2.20. The average molecular weight is 497 g/mol. The van der Waals surface area contributed by atoms with Crippen LogP contribution in [0, 0.1) is 0 Å². The number of rotatable bonds is 8. The van der Waals surface area contributed by atoms with Gasteiger partial charge in [0.2, 0.25) is 15.9 Å². The van der Waals surface area contributed by atoms with Crippen molar-refractivity contribution < 1.29 is 18.3 Å². The maximum Gasteiger partial charge on any atom is 0.243 e. The zero-order valence-electron chi connectivity index (χ0n) is 19.9. The number of imidazole rings is 1. The van der Waals surface area contributed by atoms with Crippen LogP contribution in [0.3, 0.4) is 0 Å². The largest absolute Gasteiger partial charge is 0.380 e. The van der Waals surface area contributed by atoms with Crippen LogP contribution in [0.4, 0.5) is 5.69 Å². The quantitative estimate of drug-likeness (QED) is 0.496. The van der Waals surface area contributed by atoms with Gasteiger partial charge in [0.25, 0.3) is 0 Å². The maximum atomic E-state index is 12.9. The van der Waals surface area contributed by atoms with Crippen LogP contribution in [0.1, 0.15) is 55.2 Å². The van der Waals surface area contributed by atoms with E-state index in [2.05, 4.69) is 10.3 Å². The lowest BCUT2D eigenvalue weighted by atomic mass is 10.1. The van der Waals surface area contributed by atoms with Gasteiger partial charge < -0.3 is 15.0 Å². The van der Waals surface area contributed by atoms with E-state index in [0.29, 0.717) is 41.5 Å². The summed E-state index contributed by atoms with van der Waals surface area (Å²) in [6, 6.07) is 13.9. The number of anilines is 1. The van der Waals surface area contributed by atoms with Crippen LogP contribution < -0.4 is 5.32 Å². The lowest BCUT2D eigenvalue weighted by molar-refractivity contribution is -0.116. The molecule has 2 aromatic carbocycles. The zero-order valence-corrected chi connectivity index (χ0v) is 20.7. The zero-order chi connectivity index (χ0) is 24.8. The molecule has 4 rings (SSSR count). The first-order valence-electron chi connectivity index (χ1n) is 12.0. The summed E-state index contributed by atoms with van der Waals surface area (Å²) in [5.41, 5.74) is 2.24. The summed E-state index contributed by atoms with van der Waals surface area (Å²) in [5.74, 6) is 0.413. The number of benzene rings is 2. The van der Waals surface area contributed by atoms with Crippen LogP contribution in [0.25, 0.3) is 0 Å². The number of sulfonamides is 1. The normalized spacial score (nSPS) is 15.9. The van der Waals surface area contributed by atoms with Gasteiger partial charge >= 0.3 is 0 Å². The van der Waals surface area contributed by atoms with Crippen molar-refractivity contribution in [1.82, 2.24) is 13.9 Å². The summed E-state index contributed by atoms with van der Waals surface area (Å²) in [5, 5.41) is 13.4. The number of amides is 1. The fourth-order valence-electron chi connectivity index (χ4n) is 4.28. The van der Waals surface area contributed by atoms with E-state index in [1.807, 2.05) is 7.05 Å². The van der Waals surface area contributed by atoms with Gasteiger partial charge in [-0.05, 0) is 54.7 Å². The van der Waals surface area contributed by atoms with Crippen molar-refractivity contribution in [3.05, 3.63) is 77.9 Å². The minimum atomic E-state index is -3.47. The number of hydrogen-bond donors (Lipinski definition) is 2. The molecule has 0 bridgehead atoms. The van der Waals surface area contributed by atoms with Crippen molar-refractivity contribution in [2.75, 3.05) is 18.4 Å². The summed E-state index contributed by atoms with van der Waals surface area (Å²) in [6.45, 7) is 1.15. The predicted molar refractivity (Wildman–Crippen MR) is 134 cm³/mol. The summed E-state index contributed by atoms with van der Waals surface area (Å²) in [4.78, 5) is 16.9. The van der Waals surface area contributed by atoms with E-state index >= 15 is 0 Å². The highest BCUT2D eigenvalue weighted by Crippen LogP contribution is 2.23. The van der Waals surface area contributed by atoms with Gasteiger partial charge in [0.15, 0.2) is 0 Å². The lowest BCUT2D eigenvalue weighted by Crippen LogP contribution is -2.31. The Hall–Kier alpha value is -3.01. The molecule has 186 valence electrons. The number of carbonyl (C=O) groups is 1. The molecule has 1 fully saturated rings. The standard InChI is InChI=1S/C26H32N4O4S/c1-29-19-16-27-26(29)25(32)21-9-11-22(12-10-21)28-24(31)15-8-20-6-13-23(14-7-20)35(33,34)30-17-4-2-3-5-18-30/h6-7,9-14,16,19,25,32H,2-5,8,15,17-18H2,1H3,(H,28,31)/t25-/m0/s1. The molecule has 0 radical (unpaired) electrons. The fourth-order valence-corrected chi connectivity index (χ4v) is 5.80. The molecule has 0 unspecified atom stereocenters. The molecule has 8 nitrogen and oxygen atoms in total. The number of aliphatic hydroxyl groups is 1. The molecule has 2 N–H and O–H groups in total. The van der Waals surface area contributed by atoms with Gasteiger partial charge in [0.1, 0.15) is 11.9 Å². The summed E-state index contributed by atoms with van der Waals surface area (Å²) in [6.07, 6.45) is 7.30. The second kappa shape index (κ2) is 11.2. The maximum absolute atomic E-state index is 12.9. The minimum Gasteiger partial charge on any atom is -0.380 e. The van der Waals surface area contributed by atoms with Gasteiger partial charge in [-0.3, -0.25) is 4.79 Å². The molecular weight excluding hydrogens is 464 g/mol. The molecule has 1 atom stereocenters. The molecule has 1 saturated heterocycles. The number of aliphatic hydroxyl groups excluding tert-OH is 1. The summed E-state index contributed by atoms with van der Waals surface area (Å²) in [7, 11) is -1.65. The molecule has 3 aromatic rings. The molecule has 1 aliphatic heterocycles. The summed E-state index contributed by atoms with van der Waals surface area (Å²) >= 11 is 0. The highest BCUT2D eigenvalue weighted by molar-refractivity contribution is 7.89. The Bertz CT molecular complexity index is 1230. The van der Waals surface area contributed by atoms with E-state index in [-0.39, 0.29) is 12.3 Å². The van der Waals surface area contributed by atoms with Crippen LogP contribution in [0.2, 0.25) is 0 Å². The van der Waals surface area contributed by atoms with Gasteiger partial charge in [-0.1, -0.05) is 37.1 Å². The van der Waals surface area contributed by atoms with E-state index in [0.717, 1.165) is 31.2 Å². The highest BCUT2D eigenvalue weighted by Gasteiger charge is 2.25. The van der Waals surface area contributed by atoms with Crippen LogP contribution in [-0.4, -0.2) is 46.4 Å². The van der Waals surface area contributed by atoms with Gasteiger partial charge in [-0.15, -0.1) is 0 Å². The topological polar surface area (TPSA) is 105 Å². The third-order valence-electron chi connectivity index (χ3n) is 6.38. The van der Waals surface area contributed by atoms with E-state index in [1.54, 1.807) is 69.8 Å². The molecule has 1 aliphatic rings. The van der Waals surface area contributed by atoms with Crippen LogP contribution >= 0.6 is 0 Å². The third kappa shape index (κ3) is 6.17. The van der Waals surface area contributed by atoms with Crippen molar-refractivity contribution in [3.63, 3.8) is 0 Å². The molecule has 35 heavy (non-hydrogen) atoms. The first-order valence-corrected chi connectivity index (χ1v) is 13.4. The predicted octanol–water partition coefficient (Wildman–Crippen LogP) is 3.64. The highest BCUT2D eigenvalue weighted by atomic mass is 32.2. The van der Waals surface area contributed by atoms with Crippen molar-refractivity contribution >= 4 is 21.6 Å². The van der Waals surface area contributed by atoms with Crippen LogP contribution in [0.15, 0.2) is 65.8 Å². The Balaban J connectivity index is 1.29. The Morgan fingerprint density at radius 3 is 2.29 bits per heavy atom. The Morgan fingerprint density at radius 1 is 1.03 bits per heavy atom. The number of hydrogen-bond acceptors (Lipinski definition) is 5. The Kier molecular flexibility index (Phi) is 8.00. The van der Waals surface area contributed by atoms with Gasteiger partial charge in [-0.2, -0.15) is 4.31 Å². The van der Waals surface area contributed by atoms with E-state index in [4.69, 9.17) is 0 Å². The monoisotopic (exact) mass is 496 g/mol. The average Bonchev–Trinajstić information content (AvgIpc) is 3.10. The van der Waals surface area contributed by atoms with Crippen molar-refractivity contribution in [2.24, 2.45) is 7.05 Å². The minimum absolute atomic E-state index is 0.135. The number of nitrogens with zero attached hydrogens (tertiary/aromatic N) is 3. The molecule has 0 aliphatic carbocycles. The molecule has 0 spiro atoms. The first kappa shape index (κ1) is 25.1.